The van der Waals surface area contributed by atoms with E-state index in [4.69, 9.17) is 18.9 Å². The van der Waals surface area contributed by atoms with Crippen LogP contribution in [0, 0.1) is 0 Å². The van der Waals surface area contributed by atoms with Crippen LogP contribution in [0.5, 0.6) is 0 Å². The molecule has 0 saturated carbocycles. The van der Waals surface area contributed by atoms with Crippen molar-refractivity contribution < 1.29 is 23.7 Å². The molecule has 0 aliphatic carbocycles. The molecule has 0 unspecified atom stereocenters. The van der Waals surface area contributed by atoms with Crippen LogP contribution in [0.4, 0.5) is 0 Å². The summed E-state index contributed by atoms with van der Waals surface area (Å²) >= 11 is 0. The van der Waals surface area contributed by atoms with E-state index in [1.807, 2.05) is 121 Å². The summed E-state index contributed by atoms with van der Waals surface area (Å²) in [5.41, 5.74) is 13.9. The minimum absolute atomic E-state index is 0.0115. The topological polar surface area (TPSA) is 106 Å². The number of hydrogen-bond acceptors (Lipinski definition) is 7. The SMILES string of the molecule is CC(=O)OC[C@@H]1[C@H](N=[N+]=[N-])[C@@H](OCc2ccccc2)[C@H](OCc2ccccc2)[C@@H](COCc2ccccc2)N1Cc1ccccc1. The molecule has 9 nitrogen and oxygen atoms in total. The Balaban J connectivity index is 1.54. The van der Waals surface area contributed by atoms with E-state index in [1.54, 1.807) is 0 Å². The first-order valence-electron chi connectivity index (χ1n) is 15.5. The minimum Gasteiger partial charge on any atom is -0.464 e. The first-order valence-corrected chi connectivity index (χ1v) is 15.5. The van der Waals surface area contributed by atoms with Gasteiger partial charge < -0.3 is 18.9 Å². The number of esters is 1. The van der Waals surface area contributed by atoms with Crippen molar-refractivity contribution in [2.24, 2.45) is 5.11 Å². The van der Waals surface area contributed by atoms with Crippen LogP contribution >= 0.6 is 0 Å². The van der Waals surface area contributed by atoms with E-state index in [-0.39, 0.29) is 19.3 Å². The van der Waals surface area contributed by atoms with Crippen molar-refractivity contribution in [1.82, 2.24) is 4.90 Å². The smallest absolute Gasteiger partial charge is 0.302 e. The normalized spacial score (nSPS) is 21.3. The number of nitrogens with zero attached hydrogens (tertiary/aromatic N) is 4. The van der Waals surface area contributed by atoms with Gasteiger partial charge in [0, 0.05) is 18.4 Å². The summed E-state index contributed by atoms with van der Waals surface area (Å²) in [5, 5.41) is 4.30. The van der Waals surface area contributed by atoms with E-state index in [2.05, 4.69) is 14.9 Å². The highest BCUT2D eigenvalue weighted by atomic mass is 16.6. The molecule has 0 aromatic heterocycles. The predicted octanol–water partition coefficient (Wildman–Crippen LogP) is 6.87. The average Bonchev–Trinajstić information content (AvgIpc) is 3.09. The molecule has 1 heterocycles. The van der Waals surface area contributed by atoms with Gasteiger partial charge in [0.2, 0.25) is 0 Å². The molecule has 9 heteroatoms. The zero-order chi connectivity index (χ0) is 32.0. The molecular formula is C37H40N4O5. The van der Waals surface area contributed by atoms with Crippen molar-refractivity contribution in [3.63, 3.8) is 0 Å². The molecule has 0 bridgehead atoms. The molecule has 1 aliphatic heterocycles. The Bertz CT molecular complexity index is 1520. The van der Waals surface area contributed by atoms with Crippen LogP contribution in [0.3, 0.4) is 0 Å². The third kappa shape index (κ3) is 9.26. The van der Waals surface area contributed by atoms with Crippen molar-refractivity contribution in [2.75, 3.05) is 13.2 Å². The van der Waals surface area contributed by atoms with Crippen molar-refractivity contribution >= 4 is 5.97 Å². The van der Waals surface area contributed by atoms with Crippen molar-refractivity contribution in [2.45, 2.75) is 63.6 Å². The van der Waals surface area contributed by atoms with Gasteiger partial charge in [-0.1, -0.05) is 126 Å². The zero-order valence-electron chi connectivity index (χ0n) is 26.0. The van der Waals surface area contributed by atoms with Gasteiger partial charge in [-0.2, -0.15) is 0 Å². The number of likely N-dealkylation sites (tertiary alicyclic amines) is 1. The van der Waals surface area contributed by atoms with Crippen LogP contribution in [-0.2, 0) is 50.1 Å². The van der Waals surface area contributed by atoms with Crippen molar-refractivity contribution in [3.8, 4) is 0 Å². The number of carbonyl (C=O) groups is 1. The molecule has 0 N–H and O–H groups in total. The Morgan fingerprint density at radius 2 is 1.15 bits per heavy atom. The molecule has 5 rings (SSSR count). The van der Waals surface area contributed by atoms with Gasteiger partial charge in [-0.25, -0.2) is 0 Å². The highest BCUT2D eigenvalue weighted by molar-refractivity contribution is 5.65. The Labute approximate surface area is 270 Å². The third-order valence-electron chi connectivity index (χ3n) is 8.11. The van der Waals surface area contributed by atoms with Gasteiger partial charge in [0.15, 0.2) is 0 Å². The van der Waals surface area contributed by atoms with Crippen LogP contribution in [-0.4, -0.2) is 54.4 Å². The molecule has 238 valence electrons. The number of azide groups is 1. The van der Waals surface area contributed by atoms with Crippen LogP contribution < -0.4 is 0 Å². The molecule has 1 saturated heterocycles. The Morgan fingerprint density at radius 3 is 1.65 bits per heavy atom. The number of benzene rings is 4. The molecular weight excluding hydrogens is 580 g/mol. The summed E-state index contributed by atoms with van der Waals surface area (Å²) in [6, 6.07) is 38.2. The summed E-state index contributed by atoms with van der Waals surface area (Å²) in [6.45, 7) is 3.19. The molecule has 4 aromatic carbocycles. The largest absolute Gasteiger partial charge is 0.464 e. The first kappa shape index (κ1) is 32.9. The van der Waals surface area contributed by atoms with E-state index >= 15 is 0 Å². The van der Waals surface area contributed by atoms with Gasteiger partial charge in [0.25, 0.3) is 0 Å². The number of piperidine rings is 1. The summed E-state index contributed by atoms with van der Waals surface area (Å²) in [4.78, 5) is 17.6. The fraction of sp³-hybridized carbons (Fsp3) is 0.324. The van der Waals surface area contributed by atoms with E-state index in [0.29, 0.717) is 26.4 Å². The lowest BCUT2D eigenvalue weighted by Crippen LogP contribution is -2.68. The van der Waals surface area contributed by atoms with Crippen molar-refractivity contribution in [1.29, 1.82) is 0 Å². The fourth-order valence-corrected chi connectivity index (χ4v) is 5.89. The minimum atomic E-state index is -0.733. The molecule has 0 radical (unpaired) electrons. The Hall–Kier alpha value is -4.50. The number of ether oxygens (including phenoxy) is 4. The number of hydrogen-bond donors (Lipinski definition) is 0. The zero-order valence-corrected chi connectivity index (χ0v) is 26.0. The lowest BCUT2D eigenvalue weighted by molar-refractivity contribution is -0.189. The highest BCUT2D eigenvalue weighted by Crippen LogP contribution is 2.34. The molecule has 0 spiro atoms. The molecule has 0 amide bonds. The monoisotopic (exact) mass is 620 g/mol. The standard InChI is InChI=1S/C37H40N4O5/c1-28(42)44-27-33-35(39-40-38)37(46-25-32-20-12-5-13-21-32)36(45-24-31-18-10-4-11-19-31)34(26-43-23-30-16-8-3-9-17-30)41(33)22-29-14-6-2-7-15-29/h2-21,33-37H,22-27H2,1H3/t33-,34-,35+,36-,37-/m1/s1. The molecule has 5 atom stereocenters. The molecule has 4 aromatic rings. The second-order valence-corrected chi connectivity index (χ2v) is 11.3. The second-order valence-electron chi connectivity index (χ2n) is 11.3. The third-order valence-corrected chi connectivity index (χ3v) is 8.11. The van der Waals surface area contributed by atoms with Gasteiger partial charge in [0.1, 0.15) is 12.7 Å². The van der Waals surface area contributed by atoms with Crippen LogP contribution in [0.1, 0.15) is 29.2 Å². The summed E-state index contributed by atoms with van der Waals surface area (Å²) in [5.74, 6) is -0.416. The molecule has 46 heavy (non-hydrogen) atoms. The Kier molecular flexibility index (Phi) is 12.3. The van der Waals surface area contributed by atoms with Crippen molar-refractivity contribution in [3.05, 3.63) is 154 Å². The molecule has 1 aliphatic rings. The van der Waals surface area contributed by atoms with E-state index in [0.717, 1.165) is 22.3 Å². The maximum absolute atomic E-state index is 12.1. The fourth-order valence-electron chi connectivity index (χ4n) is 5.89. The van der Waals surface area contributed by atoms with Crippen LogP contribution in [0.25, 0.3) is 10.4 Å². The van der Waals surface area contributed by atoms with Gasteiger partial charge in [0.05, 0.1) is 50.7 Å². The maximum atomic E-state index is 12.1. The lowest BCUT2D eigenvalue weighted by atomic mass is 9.85. The number of rotatable bonds is 15. The van der Waals surface area contributed by atoms with Gasteiger partial charge in [-0.15, -0.1) is 0 Å². The second kappa shape index (κ2) is 17.3. The Morgan fingerprint density at radius 1 is 0.674 bits per heavy atom. The van der Waals surface area contributed by atoms with E-state index < -0.39 is 30.3 Å². The van der Waals surface area contributed by atoms with Crippen LogP contribution in [0.2, 0.25) is 0 Å². The highest BCUT2D eigenvalue weighted by Gasteiger charge is 2.51. The van der Waals surface area contributed by atoms with E-state index in [1.165, 1.54) is 6.92 Å². The van der Waals surface area contributed by atoms with Crippen LogP contribution in [0.15, 0.2) is 126 Å². The van der Waals surface area contributed by atoms with E-state index in [9.17, 15) is 10.3 Å². The average molecular weight is 621 g/mol. The quantitative estimate of drug-likeness (QED) is 0.0622. The van der Waals surface area contributed by atoms with Gasteiger partial charge >= 0.3 is 5.97 Å². The van der Waals surface area contributed by atoms with Gasteiger partial charge in [-0.3, -0.25) is 9.69 Å². The summed E-state index contributed by atoms with van der Waals surface area (Å²) in [6.07, 6.45) is -1.23. The maximum Gasteiger partial charge on any atom is 0.302 e. The number of carbonyl (C=O) groups excluding carboxylic acids is 1. The van der Waals surface area contributed by atoms with Gasteiger partial charge in [-0.05, 0) is 27.8 Å². The first-order chi connectivity index (χ1) is 22.6. The lowest BCUT2D eigenvalue weighted by Gasteiger charge is -2.52. The summed E-state index contributed by atoms with van der Waals surface area (Å²) in [7, 11) is 0. The summed E-state index contributed by atoms with van der Waals surface area (Å²) < 4.78 is 25.4. The molecule has 1 fully saturated rings. The predicted molar refractivity (Wildman–Crippen MR) is 175 cm³/mol.